The first-order valence-electron chi connectivity index (χ1n) is 5.40. The predicted octanol–water partition coefficient (Wildman–Crippen LogP) is 1.95. The molecule has 2 N–H and O–H groups in total. The molecule has 0 amide bonds. The Morgan fingerprint density at radius 1 is 1.53 bits per heavy atom. The van der Waals surface area contributed by atoms with Gasteiger partial charge in [0, 0.05) is 24.5 Å². The zero-order chi connectivity index (χ0) is 11.3. The second-order valence-corrected chi connectivity index (χ2v) is 5.13. The van der Waals surface area contributed by atoms with E-state index >= 15 is 0 Å². The van der Waals surface area contributed by atoms with E-state index < -0.39 is 0 Å². The van der Waals surface area contributed by atoms with Gasteiger partial charge in [0.25, 0.3) is 0 Å². The van der Waals surface area contributed by atoms with Gasteiger partial charge in [-0.15, -0.1) is 11.3 Å². The van der Waals surface area contributed by atoms with Crippen LogP contribution in [0.3, 0.4) is 0 Å². The normalized spacial score (nSPS) is 13.7. The Kier molecular flexibility index (Phi) is 5.22. The van der Waals surface area contributed by atoms with Gasteiger partial charge in [-0.25, -0.2) is 4.98 Å². The third-order valence-electron chi connectivity index (χ3n) is 2.53. The quantitative estimate of drug-likeness (QED) is 0.807. The van der Waals surface area contributed by atoms with Gasteiger partial charge in [-0.1, -0.05) is 13.8 Å². The van der Waals surface area contributed by atoms with E-state index in [2.05, 4.69) is 36.2 Å². The van der Waals surface area contributed by atoms with Crippen molar-refractivity contribution in [2.75, 3.05) is 13.6 Å². The molecule has 1 rings (SSSR count). The Hall–Kier alpha value is -0.450. The highest BCUT2D eigenvalue weighted by molar-refractivity contribution is 7.07. The highest BCUT2D eigenvalue weighted by Gasteiger charge is 2.15. The molecule has 0 fully saturated rings. The average molecular weight is 227 g/mol. The summed E-state index contributed by atoms with van der Waals surface area (Å²) in [6.45, 7) is 6.09. The third-order valence-corrected chi connectivity index (χ3v) is 3.17. The molecule has 1 aromatic heterocycles. The molecule has 3 nitrogen and oxygen atoms in total. The molecule has 1 heterocycles. The minimum absolute atomic E-state index is 0.465. The number of hydrogen-bond donors (Lipinski definition) is 1. The lowest BCUT2D eigenvalue weighted by Gasteiger charge is -2.27. The molecule has 4 heteroatoms. The van der Waals surface area contributed by atoms with Crippen LogP contribution in [-0.2, 0) is 6.54 Å². The van der Waals surface area contributed by atoms with E-state index in [0.29, 0.717) is 12.0 Å². The van der Waals surface area contributed by atoms with Crippen LogP contribution in [0.5, 0.6) is 0 Å². The average Bonchev–Trinajstić information content (AvgIpc) is 2.66. The molecule has 0 aliphatic carbocycles. The van der Waals surface area contributed by atoms with Crippen LogP contribution in [0.1, 0.15) is 26.0 Å². The molecule has 1 atom stereocenters. The Bertz CT molecular complexity index is 259. The standard InChI is InChI=1S/C11H21N3S/c1-9(2)4-11(5-12)14(3)6-10-7-15-8-13-10/h7-9,11H,4-6,12H2,1-3H3. The van der Waals surface area contributed by atoms with Gasteiger partial charge in [-0.3, -0.25) is 4.90 Å². The summed E-state index contributed by atoms with van der Waals surface area (Å²) in [6, 6.07) is 0.465. The Labute approximate surface area is 96.3 Å². The Morgan fingerprint density at radius 3 is 2.73 bits per heavy atom. The molecule has 1 aromatic rings. The maximum Gasteiger partial charge on any atom is 0.0795 e. The zero-order valence-corrected chi connectivity index (χ0v) is 10.6. The Morgan fingerprint density at radius 2 is 2.27 bits per heavy atom. The molecule has 0 aromatic carbocycles. The van der Waals surface area contributed by atoms with Crippen LogP contribution in [0, 0.1) is 5.92 Å². The number of aromatic nitrogens is 1. The summed E-state index contributed by atoms with van der Waals surface area (Å²) >= 11 is 1.65. The van der Waals surface area contributed by atoms with Gasteiger partial charge in [-0.2, -0.15) is 0 Å². The van der Waals surface area contributed by atoms with Crippen molar-refractivity contribution in [3.8, 4) is 0 Å². The fourth-order valence-electron chi connectivity index (χ4n) is 1.70. The maximum absolute atomic E-state index is 5.79. The molecule has 1 unspecified atom stereocenters. The first-order chi connectivity index (χ1) is 7.13. The molecule has 0 aliphatic heterocycles. The van der Waals surface area contributed by atoms with Crippen molar-refractivity contribution in [1.82, 2.24) is 9.88 Å². The van der Waals surface area contributed by atoms with Crippen LogP contribution >= 0.6 is 11.3 Å². The topological polar surface area (TPSA) is 42.1 Å². The van der Waals surface area contributed by atoms with Crippen molar-refractivity contribution in [2.24, 2.45) is 11.7 Å². The lowest BCUT2D eigenvalue weighted by molar-refractivity contribution is 0.208. The van der Waals surface area contributed by atoms with Crippen LogP contribution in [0.4, 0.5) is 0 Å². The van der Waals surface area contributed by atoms with E-state index in [-0.39, 0.29) is 0 Å². The van der Waals surface area contributed by atoms with Crippen molar-refractivity contribution >= 4 is 11.3 Å². The number of thiazole rings is 1. The van der Waals surface area contributed by atoms with E-state index in [0.717, 1.165) is 25.2 Å². The third kappa shape index (κ3) is 4.28. The molecule has 15 heavy (non-hydrogen) atoms. The van der Waals surface area contributed by atoms with Crippen molar-refractivity contribution < 1.29 is 0 Å². The summed E-state index contributed by atoms with van der Waals surface area (Å²) in [7, 11) is 2.12. The second kappa shape index (κ2) is 6.20. The van der Waals surface area contributed by atoms with Gasteiger partial charge >= 0.3 is 0 Å². The molecular formula is C11H21N3S. The molecular weight excluding hydrogens is 206 g/mol. The van der Waals surface area contributed by atoms with Crippen LogP contribution in [0.15, 0.2) is 10.9 Å². The highest BCUT2D eigenvalue weighted by atomic mass is 32.1. The molecule has 0 radical (unpaired) electrons. The minimum atomic E-state index is 0.465. The summed E-state index contributed by atoms with van der Waals surface area (Å²) in [5.41, 5.74) is 8.81. The number of rotatable bonds is 6. The van der Waals surface area contributed by atoms with Gasteiger partial charge in [0.2, 0.25) is 0 Å². The van der Waals surface area contributed by atoms with Crippen LogP contribution in [0.2, 0.25) is 0 Å². The minimum Gasteiger partial charge on any atom is -0.329 e. The number of likely N-dealkylation sites (N-methyl/N-ethyl adjacent to an activating group) is 1. The number of nitrogens with two attached hydrogens (primary N) is 1. The highest BCUT2D eigenvalue weighted by Crippen LogP contribution is 2.12. The summed E-state index contributed by atoms with van der Waals surface area (Å²) < 4.78 is 0. The fraction of sp³-hybridized carbons (Fsp3) is 0.727. The second-order valence-electron chi connectivity index (χ2n) is 4.41. The van der Waals surface area contributed by atoms with Crippen molar-refractivity contribution in [2.45, 2.75) is 32.9 Å². The molecule has 0 saturated carbocycles. The largest absolute Gasteiger partial charge is 0.329 e. The molecule has 86 valence electrons. The summed E-state index contributed by atoms with van der Waals surface area (Å²) in [5.74, 6) is 0.691. The van der Waals surface area contributed by atoms with Gasteiger partial charge in [-0.05, 0) is 19.4 Å². The lowest BCUT2D eigenvalue weighted by Crippen LogP contribution is -2.38. The lowest BCUT2D eigenvalue weighted by atomic mass is 10.0. The summed E-state index contributed by atoms with van der Waals surface area (Å²) in [5, 5.41) is 2.10. The molecule has 0 bridgehead atoms. The van der Waals surface area contributed by atoms with E-state index in [4.69, 9.17) is 5.73 Å². The van der Waals surface area contributed by atoms with Crippen LogP contribution < -0.4 is 5.73 Å². The van der Waals surface area contributed by atoms with Gasteiger partial charge in [0.05, 0.1) is 11.2 Å². The fourth-order valence-corrected chi connectivity index (χ4v) is 2.25. The monoisotopic (exact) mass is 227 g/mol. The van der Waals surface area contributed by atoms with Crippen LogP contribution in [0.25, 0.3) is 0 Å². The van der Waals surface area contributed by atoms with E-state index in [1.165, 1.54) is 0 Å². The number of hydrogen-bond acceptors (Lipinski definition) is 4. The van der Waals surface area contributed by atoms with Gasteiger partial charge in [0.1, 0.15) is 0 Å². The molecule has 0 spiro atoms. The van der Waals surface area contributed by atoms with Crippen LogP contribution in [-0.4, -0.2) is 29.5 Å². The summed E-state index contributed by atoms with van der Waals surface area (Å²) in [4.78, 5) is 6.59. The summed E-state index contributed by atoms with van der Waals surface area (Å²) in [6.07, 6.45) is 1.15. The van der Waals surface area contributed by atoms with Gasteiger partial charge in [0.15, 0.2) is 0 Å². The smallest absolute Gasteiger partial charge is 0.0795 e. The zero-order valence-electron chi connectivity index (χ0n) is 9.81. The van der Waals surface area contributed by atoms with Crippen molar-refractivity contribution in [1.29, 1.82) is 0 Å². The molecule has 0 saturated heterocycles. The van der Waals surface area contributed by atoms with Crippen molar-refractivity contribution in [3.05, 3.63) is 16.6 Å². The van der Waals surface area contributed by atoms with Gasteiger partial charge < -0.3 is 5.73 Å². The number of nitrogens with zero attached hydrogens (tertiary/aromatic N) is 2. The van der Waals surface area contributed by atoms with E-state index in [9.17, 15) is 0 Å². The predicted molar refractivity (Wildman–Crippen MR) is 65.9 cm³/mol. The first kappa shape index (κ1) is 12.6. The van der Waals surface area contributed by atoms with E-state index in [1.807, 2.05) is 5.51 Å². The van der Waals surface area contributed by atoms with E-state index in [1.54, 1.807) is 11.3 Å². The Balaban J connectivity index is 2.46. The maximum atomic E-state index is 5.79. The van der Waals surface area contributed by atoms with Crippen molar-refractivity contribution in [3.63, 3.8) is 0 Å². The molecule has 0 aliphatic rings. The SMILES string of the molecule is CC(C)CC(CN)N(C)Cc1cscn1. The first-order valence-corrected chi connectivity index (χ1v) is 6.35.